The van der Waals surface area contributed by atoms with Crippen LogP contribution in [-0.2, 0) is 4.79 Å². The third-order valence-corrected chi connectivity index (χ3v) is 4.47. The number of halogens is 1. The van der Waals surface area contributed by atoms with Crippen LogP contribution in [0.3, 0.4) is 0 Å². The van der Waals surface area contributed by atoms with Crippen LogP contribution in [-0.4, -0.2) is 29.4 Å². The van der Waals surface area contributed by atoms with Gasteiger partial charge < -0.3 is 10.4 Å². The van der Waals surface area contributed by atoms with Crippen LogP contribution < -0.4 is 5.32 Å². The monoisotopic (exact) mass is 301 g/mol. The van der Waals surface area contributed by atoms with Crippen LogP contribution in [0, 0.1) is 0 Å². The number of rotatable bonds is 8. The Morgan fingerprint density at radius 2 is 2.21 bits per heavy atom. The molecule has 0 saturated heterocycles. The third kappa shape index (κ3) is 5.43. The SMILES string of the molecule is CNC(C)(CCCCSc1cccc(Cl)c1)C(=O)O. The highest BCUT2D eigenvalue weighted by Crippen LogP contribution is 2.23. The van der Waals surface area contributed by atoms with Crippen molar-refractivity contribution in [2.75, 3.05) is 12.8 Å². The molecule has 2 N–H and O–H groups in total. The molecule has 0 heterocycles. The molecule has 0 bridgehead atoms. The lowest BCUT2D eigenvalue weighted by molar-refractivity contribution is -0.144. The van der Waals surface area contributed by atoms with Gasteiger partial charge in [0, 0.05) is 9.92 Å². The van der Waals surface area contributed by atoms with Crippen LogP contribution in [0.4, 0.5) is 0 Å². The van der Waals surface area contributed by atoms with E-state index in [1.165, 1.54) is 0 Å². The topological polar surface area (TPSA) is 49.3 Å². The van der Waals surface area contributed by atoms with E-state index < -0.39 is 11.5 Å². The molecule has 0 saturated carbocycles. The molecule has 0 spiro atoms. The van der Waals surface area contributed by atoms with Gasteiger partial charge in [0.05, 0.1) is 0 Å². The fourth-order valence-corrected chi connectivity index (χ4v) is 2.89. The van der Waals surface area contributed by atoms with Crippen LogP contribution in [0.15, 0.2) is 29.2 Å². The lowest BCUT2D eigenvalue weighted by atomic mass is 9.95. The van der Waals surface area contributed by atoms with Gasteiger partial charge in [-0.2, -0.15) is 0 Å². The first-order valence-electron chi connectivity index (χ1n) is 6.28. The Balaban J connectivity index is 2.26. The first-order chi connectivity index (χ1) is 8.98. The fourth-order valence-electron chi connectivity index (χ4n) is 1.67. The van der Waals surface area contributed by atoms with Crippen molar-refractivity contribution in [1.29, 1.82) is 0 Å². The quantitative estimate of drug-likeness (QED) is 0.568. The van der Waals surface area contributed by atoms with E-state index in [2.05, 4.69) is 5.32 Å². The number of carbonyl (C=O) groups is 1. The number of thioether (sulfide) groups is 1. The van der Waals surface area contributed by atoms with E-state index in [1.54, 1.807) is 25.7 Å². The van der Waals surface area contributed by atoms with Crippen molar-refractivity contribution < 1.29 is 9.90 Å². The highest BCUT2D eigenvalue weighted by molar-refractivity contribution is 7.99. The minimum Gasteiger partial charge on any atom is -0.480 e. The normalized spacial score (nSPS) is 14.1. The van der Waals surface area contributed by atoms with Gasteiger partial charge in [0.2, 0.25) is 0 Å². The number of carboxylic acid groups (broad SMARTS) is 1. The minimum absolute atomic E-state index is 0.634. The van der Waals surface area contributed by atoms with E-state index in [-0.39, 0.29) is 0 Å². The van der Waals surface area contributed by atoms with Gasteiger partial charge in [0.25, 0.3) is 0 Å². The predicted molar refractivity (Wildman–Crippen MR) is 81.1 cm³/mol. The Kier molecular flexibility index (Phi) is 6.69. The van der Waals surface area contributed by atoms with Crippen molar-refractivity contribution in [3.8, 4) is 0 Å². The number of hydrogen-bond acceptors (Lipinski definition) is 3. The molecule has 0 fully saturated rings. The van der Waals surface area contributed by atoms with Crippen molar-refractivity contribution >= 4 is 29.3 Å². The average Bonchev–Trinajstić information content (AvgIpc) is 2.38. The van der Waals surface area contributed by atoms with Crippen LogP contribution in [0.2, 0.25) is 5.02 Å². The van der Waals surface area contributed by atoms with Gasteiger partial charge in [-0.25, -0.2) is 0 Å². The number of hydrogen-bond donors (Lipinski definition) is 2. The van der Waals surface area contributed by atoms with Crippen molar-refractivity contribution in [3.63, 3.8) is 0 Å². The van der Waals surface area contributed by atoms with Crippen molar-refractivity contribution in [1.82, 2.24) is 5.32 Å². The molecule has 0 aliphatic carbocycles. The molecule has 1 aromatic carbocycles. The number of likely N-dealkylation sites (N-methyl/N-ethyl adjacent to an activating group) is 1. The third-order valence-electron chi connectivity index (χ3n) is 3.16. The van der Waals surface area contributed by atoms with E-state index in [4.69, 9.17) is 16.7 Å². The van der Waals surface area contributed by atoms with Crippen LogP contribution >= 0.6 is 23.4 Å². The van der Waals surface area contributed by atoms with Crippen LogP contribution in [0.5, 0.6) is 0 Å². The lowest BCUT2D eigenvalue weighted by Gasteiger charge is -2.23. The standard InChI is InChI=1S/C14H20ClNO2S/c1-14(16-2,13(17)18)8-3-4-9-19-12-7-5-6-11(15)10-12/h5-7,10,16H,3-4,8-9H2,1-2H3,(H,17,18). The van der Waals surface area contributed by atoms with Gasteiger partial charge in [-0.1, -0.05) is 24.1 Å². The van der Waals surface area contributed by atoms with Gasteiger partial charge in [-0.15, -0.1) is 11.8 Å². The van der Waals surface area contributed by atoms with Gasteiger partial charge in [-0.3, -0.25) is 4.79 Å². The summed E-state index contributed by atoms with van der Waals surface area (Å²) in [4.78, 5) is 12.2. The summed E-state index contributed by atoms with van der Waals surface area (Å²) in [6, 6.07) is 7.77. The highest BCUT2D eigenvalue weighted by atomic mass is 35.5. The van der Waals surface area contributed by atoms with Gasteiger partial charge >= 0.3 is 5.97 Å². The molecule has 1 aromatic rings. The van der Waals surface area contributed by atoms with E-state index in [1.807, 2.05) is 24.3 Å². The van der Waals surface area contributed by atoms with Gasteiger partial charge in [0.15, 0.2) is 0 Å². The Morgan fingerprint density at radius 3 is 2.79 bits per heavy atom. The zero-order valence-corrected chi connectivity index (χ0v) is 12.9. The number of carboxylic acids is 1. The second-order valence-electron chi connectivity index (χ2n) is 4.65. The maximum absolute atomic E-state index is 11.1. The van der Waals surface area contributed by atoms with E-state index in [0.717, 1.165) is 28.5 Å². The zero-order chi connectivity index (χ0) is 14.3. The molecule has 3 nitrogen and oxygen atoms in total. The summed E-state index contributed by atoms with van der Waals surface area (Å²) in [7, 11) is 1.69. The molecular weight excluding hydrogens is 282 g/mol. The summed E-state index contributed by atoms with van der Waals surface area (Å²) < 4.78 is 0. The average molecular weight is 302 g/mol. The highest BCUT2D eigenvalue weighted by Gasteiger charge is 2.29. The van der Waals surface area contributed by atoms with E-state index >= 15 is 0 Å². The molecule has 0 radical (unpaired) electrons. The summed E-state index contributed by atoms with van der Waals surface area (Å²) in [6.45, 7) is 1.72. The van der Waals surface area contributed by atoms with Gasteiger partial charge in [-0.05, 0) is 50.8 Å². The Hall–Kier alpha value is -0.710. The van der Waals surface area contributed by atoms with E-state index in [9.17, 15) is 4.79 Å². The Labute approximate surface area is 123 Å². The number of nitrogens with one attached hydrogen (secondary N) is 1. The Morgan fingerprint density at radius 1 is 1.47 bits per heavy atom. The maximum Gasteiger partial charge on any atom is 0.323 e. The first kappa shape index (κ1) is 16.3. The number of unbranched alkanes of at least 4 members (excludes halogenated alkanes) is 1. The molecule has 5 heteroatoms. The molecule has 1 rings (SSSR count). The van der Waals surface area contributed by atoms with Crippen molar-refractivity contribution in [2.24, 2.45) is 0 Å². The number of aliphatic carboxylic acids is 1. The molecule has 19 heavy (non-hydrogen) atoms. The summed E-state index contributed by atoms with van der Waals surface area (Å²) in [5, 5.41) is 12.7. The molecule has 106 valence electrons. The minimum atomic E-state index is -0.819. The largest absolute Gasteiger partial charge is 0.480 e. The molecule has 0 amide bonds. The fraction of sp³-hybridized carbons (Fsp3) is 0.500. The number of benzene rings is 1. The molecule has 0 aliphatic rings. The summed E-state index contributed by atoms with van der Waals surface area (Å²) in [5.74, 6) is 0.178. The summed E-state index contributed by atoms with van der Waals surface area (Å²) in [5.41, 5.74) is -0.819. The van der Waals surface area contributed by atoms with Crippen LogP contribution in [0.1, 0.15) is 26.2 Å². The van der Waals surface area contributed by atoms with E-state index in [0.29, 0.717) is 6.42 Å². The van der Waals surface area contributed by atoms with Crippen molar-refractivity contribution in [2.45, 2.75) is 36.6 Å². The molecule has 1 atom stereocenters. The molecular formula is C14H20ClNO2S. The molecule has 1 unspecified atom stereocenters. The van der Waals surface area contributed by atoms with Crippen molar-refractivity contribution in [3.05, 3.63) is 29.3 Å². The first-order valence-corrected chi connectivity index (χ1v) is 7.65. The smallest absolute Gasteiger partial charge is 0.323 e. The second-order valence-corrected chi connectivity index (χ2v) is 6.25. The predicted octanol–water partition coefficient (Wildman–Crippen LogP) is 3.67. The lowest BCUT2D eigenvalue weighted by Crippen LogP contribution is -2.47. The second kappa shape index (κ2) is 7.78. The van der Waals surface area contributed by atoms with Gasteiger partial charge in [0.1, 0.15) is 5.54 Å². The zero-order valence-electron chi connectivity index (χ0n) is 11.3. The summed E-state index contributed by atoms with van der Waals surface area (Å²) >= 11 is 7.66. The maximum atomic E-state index is 11.1. The molecule has 0 aromatic heterocycles. The van der Waals surface area contributed by atoms with Crippen LogP contribution in [0.25, 0.3) is 0 Å². The Bertz CT molecular complexity index is 428. The summed E-state index contributed by atoms with van der Waals surface area (Å²) in [6.07, 6.45) is 2.51. The molecule has 0 aliphatic heterocycles.